The van der Waals surface area contributed by atoms with Gasteiger partial charge in [-0.2, -0.15) is 0 Å². The van der Waals surface area contributed by atoms with Gasteiger partial charge in [0.2, 0.25) is 0 Å². The molecular formula is C17H36O2Si. The molecule has 0 saturated carbocycles. The highest BCUT2D eigenvalue weighted by molar-refractivity contribution is 6.74. The zero-order chi connectivity index (χ0) is 15.8. The normalized spacial score (nSPS) is 15.9. The monoisotopic (exact) mass is 300 g/mol. The molecule has 120 valence electrons. The Hall–Kier alpha value is -0.123. The molecule has 0 aliphatic heterocycles. The fourth-order valence-electron chi connectivity index (χ4n) is 1.86. The van der Waals surface area contributed by atoms with Gasteiger partial charge in [-0.05, 0) is 43.3 Å². The van der Waals surface area contributed by atoms with Crippen molar-refractivity contribution in [1.82, 2.24) is 0 Å². The van der Waals surface area contributed by atoms with Crippen LogP contribution >= 0.6 is 0 Å². The Morgan fingerprint density at radius 2 is 1.80 bits per heavy atom. The number of rotatable bonds is 10. The summed E-state index contributed by atoms with van der Waals surface area (Å²) < 4.78 is 6.07. The molecule has 20 heavy (non-hydrogen) atoms. The highest BCUT2D eigenvalue weighted by atomic mass is 28.4. The number of aliphatic hydroxyl groups is 1. The first-order valence-electron chi connectivity index (χ1n) is 8.08. The SMILES string of the molecule is C=CC(CCCC)CCC(O)CO[Si](C)(C)C(C)(C)C. The molecule has 3 heteroatoms. The molecule has 0 heterocycles. The maximum Gasteiger partial charge on any atom is 0.192 e. The lowest BCUT2D eigenvalue weighted by atomic mass is 9.95. The second-order valence-corrected chi connectivity index (χ2v) is 12.2. The van der Waals surface area contributed by atoms with Crippen molar-refractivity contribution >= 4 is 8.32 Å². The Labute approximate surface area is 127 Å². The number of allylic oxidation sites excluding steroid dienone is 1. The van der Waals surface area contributed by atoms with Gasteiger partial charge >= 0.3 is 0 Å². The lowest BCUT2D eigenvalue weighted by Crippen LogP contribution is -2.42. The fourth-order valence-corrected chi connectivity index (χ4v) is 2.90. The van der Waals surface area contributed by atoms with Crippen LogP contribution in [-0.4, -0.2) is 26.1 Å². The van der Waals surface area contributed by atoms with Crippen LogP contribution in [0.5, 0.6) is 0 Å². The van der Waals surface area contributed by atoms with Gasteiger partial charge in [0.15, 0.2) is 8.32 Å². The molecule has 0 aliphatic rings. The Morgan fingerprint density at radius 3 is 2.25 bits per heavy atom. The predicted octanol–water partition coefficient (Wildman–Crippen LogP) is 5.14. The van der Waals surface area contributed by atoms with E-state index in [1.807, 2.05) is 6.08 Å². The van der Waals surface area contributed by atoms with E-state index in [4.69, 9.17) is 4.43 Å². The van der Waals surface area contributed by atoms with E-state index in [2.05, 4.69) is 47.4 Å². The third-order valence-electron chi connectivity index (χ3n) is 4.58. The molecule has 0 radical (unpaired) electrons. The van der Waals surface area contributed by atoms with Gasteiger partial charge in [0, 0.05) is 0 Å². The van der Waals surface area contributed by atoms with Crippen molar-refractivity contribution in [2.45, 2.75) is 84.0 Å². The van der Waals surface area contributed by atoms with Gasteiger partial charge in [0.1, 0.15) is 0 Å². The van der Waals surface area contributed by atoms with Crippen LogP contribution in [0.2, 0.25) is 18.1 Å². The van der Waals surface area contributed by atoms with Gasteiger partial charge in [-0.15, -0.1) is 6.58 Å². The molecule has 0 aromatic rings. The van der Waals surface area contributed by atoms with Crippen molar-refractivity contribution in [2.24, 2.45) is 5.92 Å². The molecule has 0 rings (SSSR count). The molecule has 0 aromatic heterocycles. The van der Waals surface area contributed by atoms with Crippen LogP contribution in [0, 0.1) is 5.92 Å². The van der Waals surface area contributed by atoms with Gasteiger partial charge in [-0.25, -0.2) is 0 Å². The van der Waals surface area contributed by atoms with E-state index in [0.29, 0.717) is 12.5 Å². The quantitative estimate of drug-likeness (QED) is 0.447. The highest BCUT2D eigenvalue weighted by Gasteiger charge is 2.37. The molecule has 0 bridgehead atoms. The first-order valence-corrected chi connectivity index (χ1v) is 11.0. The van der Waals surface area contributed by atoms with E-state index in [0.717, 1.165) is 12.8 Å². The molecule has 2 nitrogen and oxygen atoms in total. The summed E-state index contributed by atoms with van der Waals surface area (Å²) in [6.07, 6.45) is 7.19. The van der Waals surface area contributed by atoms with Gasteiger partial charge in [0.25, 0.3) is 0 Å². The minimum absolute atomic E-state index is 0.206. The van der Waals surface area contributed by atoms with Crippen LogP contribution in [0.25, 0.3) is 0 Å². The molecule has 0 fully saturated rings. The lowest BCUT2D eigenvalue weighted by molar-refractivity contribution is 0.0882. The second kappa shape index (κ2) is 9.01. The summed E-state index contributed by atoms with van der Waals surface area (Å²) in [5.41, 5.74) is 0. The topological polar surface area (TPSA) is 29.5 Å². The van der Waals surface area contributed by atoms with E-state index in [9.17, 15) is 5.11 Å². The summed E-state index contributed by atoms with van der Waals surface area (Å²) >= 11 is 0. The van der Waals surface area contributed by atoms with Crippen LogP contribution in [0.4, 0.5) is 0 Å². The van der Waals surface area contributed by atoms with Gasteiger partial charge in [-0.3, -0.25) is 0 Å². The van der Waals surface area contributed by atoms with Crippen molar-refractivity contribution in [3.63, 3.8) is 0 Å². The average Bonchev–Trinajstić information content (AvgIpc) is 2.35. The van der Waals surface area contributed by atoms with E-state index in [1.165, 1.54) is 19.3 Å². The van der Waals surface area contributed by atoms with Crippen molar-refractivity contribution in [3.8, 4) is 0 Å². The van der Waals surface area contributed by atoms with Gasteiger partial charge in [0.05, 0.1) is 12.7 Å². The Morgan fingerprint density at radius 1 is 1.20 bits per heavy atom. The Balaban J connectivity index is 4.05. The average molecular weight is 301 g/mol. The Kier molecular flexibility index (Phi) is 8.95. The van der Waals surface area contributed by atoms with Crippen LogP contribution in [0.1, 0.15) is 59.8 Å². The van der Waals surface area contributed by atoms with Crippen molar-refractivity contribution in [1.29, 1.82) is 0 Å². The third-order valence-corrected chi connectivity index (χ3v) is 9.08. The maximum absolute atomic E-state index is 10.1. The number of hydrogen-bond acceptors (Lipinski definition) is 2. The number of hydrogen-bond donors (Lipinski definition) is 1. The predicted molar refractivity (Wildman–Crippen MR) is 91.6 cm³/mol. The minimum atomic E-state index is -1.73. The van der Waals surface area contributed by atoms with E-state index in [1.54, 1.807) is 0 Å². The molecule has 0 spiro atoms. The van der Waals surface area contributed by atoms with Crippen LogP contribution in [-0.2, 0) is 4.43 Å². The fraction of sp³-hybridized carbons (Fsp3) is 0.882. The van der Waals surface area contributed by atoms with Crippen LogP contribution in [0.3, 0.4) is 0 Å². The van der Waals surface area contributed by atoms with Gasteiger partial charge in [-0.1, -0.05) is 46.6 Å². The second-order valence-electron chi connectivity index (χ2n) is 7.44. The summed E-state index contributed by atoms with van der Waals surface area (Å²) in [5.74, 6) is 0.539. The van der Waals surface area contributed by atoms with Crippen LogP contribution < -0.4 is 0 Å². The summed E-state index contributed by atoms with van der Waals surface area (Å²) in [6.45, 7) is 17.7. The number of aliphatic hydroxyl groups excluding tert-OH is 1. The first kappa shape index (κ1) is 19.9. The highest BCUT2D eigenvalue weighted by Crippen LogP contribution is 2.36. The molecule has 0 aliphatic carbocycles. The third kappa shape index (κ3) is 7.60. The number of unbranched alkanes of at least 4 members (excludes halogenated alkanes) is 1. The lowest BCUT2D eigenvalue weighted by Gasteiger charge is -2.36. The molecule has 0 saturated heterocycles. The first-order chi connectivity index (χ1) is 9.14. The van der Waals surface area contributed by atoms with E-state index >= 15 is 0 Å². The van der Waals surface area contributed by atoms with Gasteiger partial charge < -0.3 is 9.53 Å². The van der Waals surface area contributed by atoms with Crippen molar-refractivity contribution in [3.05, 3.63) is 12.7 Å². The largest absolute Gasteiger partial charge is 0.414 e. The molecule has 2 atom stereocenters. The molecular weight excluding hydrogens is 264 g/mol. The Bertz CT molecular complexity index is 269. The zero-order valence-electron chi connectivity index (χ0n) is 14.5. The maximum atomic E-state index is 10.1. The standard InChI is InChI=1S/C17H36O2Si/c1-8-10-11-15(9-2)12-13-16(18)14-19-20(6,7)17(3,4)5/h9,15-16,18H,2,8,10-14H2,1,3-7H3. The molecule has 0 amide bonds. The summed E-state index contributed by atoms with van der Waals surface area (Å²) in [7, 11) is -1.73. The smallest absolute Gasteiger partial charge is 0.192 e. The molecule has 0 aromatic carbocycles. The molecule has 1 N–H and O–H groups in total. The summed E-state index contributed by atoms with van der Waals surface area (Å²) in [4.78, 5) is 0. The van der Waals surface area contributed by atoms with E-state index < -0.39 is 8.32 Å². The van der Waals surface area contributed by atoms with Crippen LogP contribution in [0.15, 0.2) is 12.7 Å². The molecule has 2 unspecified atom stereocenters. The zero-order valence-corrected chi connectivity index (χ0v) is 15.5. The summed E-state index contributed by atoms with van der Waals surface area (Å²) in [6, 6.07) is 0. The van der Waals surface area contributed by atoms with Crippen molar-refractivity contribution < 1.29 is 9.53 Å². The van der Waals surface area contributed by atoms with Crippen molar-refractivity contribution in [2.75, 3.05) is 6.61 Å². The van der Waals surface area contributed by atoms with E-state index in [-0.39, 0.29) is 11.1 Å². The minimum Gasteiger partial charge on any atom is -0.414 e. The summed E-state index contributed by atoms with van der Waals surface area (Å²) in [5, 5.41) is 10.3.